The maximum atomic E-state index is 13.9. The highest BCUT2D eigenvalue weighted by Gasteiger charge is 2.33. The van der Waals surface area contributed by atoms with E-state index in [0.29, 0.717) is 44.2 Å². The van der Waals surface area contributed by atoms with Crippen LogP contribution in [0.25, 0.3) is 0 Å². The third-order valence-electron chi connectivity index (χ3n) is 5.85. The molecule has 2 N–H and O–H groups in total. The Balaban J connectivity index is 1.43. The van der Waals surface area contributed by atoms with Gasteiger partial charge < -0.3 is 15.5 Å². The topological polar surface area (TPSA) is 66.6 Å². The first kappa shape index (κ1) is 19.4. The number of likely N-dealkylation sites (tertiary alicyclic amines) is 1. The lowest BCUT2D eigenvalue weighted by Crippen LogP contribution is -2.46. The third-order valence-corrected chi connectivity index (χ3v) is 5.85. The van der Waals surface area contributed by atoms with E-state index in [0.717, 1.165) is 30.2 Å². The SMILES string of the molecule is Nc1cccc2c1CCCN2C(=O)C1CCN(C(=O)c2ccc(F)cc2F)CC1. The van der Waals surface area contributed by atoms with Gasteiger partial charge in [0.2, 0.25) is 5.91 Å². The zero-order valence-corrected chi connectivity index (χ0v) is 16.0. The Kier molecular flexibility index (Phi) is 5.22. The van der Waals surface area contributed by atoms with Gasteiger partial charge in [-0.3, -0.25) is 9.59 Å². The van der Waals surface area contributed by atoms with Crippen LogP contribution in [0.3, 0.4) is 0 Å². The van der Waals surface area contributed by atoms with Crippen LogP contribution in [-0.4, -0.2) is 36.3 Å². The normalized spacial score (nSPS) is 17.2. The minimum Gasteiger partial charge on any atom is -0.398 e. The van der Waals surface area contributed by atoms with Crippen molar-refractivity contribution >= 4 is 23.2 Å². The summed E-state index contributed by atoms with van der Waals surface area (Å²) in [4.78, 5) is 29.1. The summed E-state index contributed by atoms with van der Waals surface area (Å²) in [6.07, 6.45) is 2.76. The van der Waals surface area contributed by atoms with E-state index in [1.165, 1.54) is 11.0 Å². The minimum atomic E-state index is -0.865. The first-order valence-corrected chi connectivity index (χ1v) is 9.89. The monoisotopic (exact) mass is 399 g/mol. The third kappa shape index (κ3) is 3.69. The van der Waals surface area contributed by atoms with Crippen LogP contribution in [0, 0.1) is 17.6 Å². The molecule has 2 aromatic carbocycles. The molecule has 1 saturated heterocycles. The van der Waals surface area contributed by atoms with Crippen molar-refractivity contribution in [3.05, 3.63) is 59.2 Å². The van der Waals surface area contributed by atoms with Crippen molar-refractivity contribution in [1.82, 2.24) is 4.90 Å². The molecular weight excluding hydrogens is 376 g/mol. The predicted octanol–water partition coefficient (Wildman–Crippen LogP) is 3.38. The second-order valence-corrected chi connectivity index (χ2v) is 7.63. The minimum absolute atomic E-state index is 0.0524. The van der Waals surface area contributed by atoms with Crippen molar-refractivity contribution in [3.63, 3.8) is 0 Å². The first-order valence-electron chi connectivity index (χ1n) is 9.89. The van der Waals surface area contributed by atoms with Gasteiger partial charge in [0, 0.05) is 43.0 Å². The lowest BCUT2D eigenvalue weighted by atomic mass is 9.92. The molecule has 152 valence electrons. The first-order chi connectivity index (χ1) is 14.0. The fourth-order valence-corrected chi connectivity index (χ4v) is 4.26. The number of rotatable bonds is 2. The molecule has 2 aliphatic rings. The molecule has 0 atom stereocenters. The molecule has 7 heteroatoms. The Morgan fingerprint density at radius 3 is 2.52 bits per heavy atom. The number of nitrogen functional groups attached to an aromatic ring is 1. The number of carbonyl (C=O) groups excluding carboxylic acids is 2. The van der Waals surface area contributed by atoms with Gasteiger partial charge in [0.1, 0.15) is 11.6 Å². The van der Waals surface area contributed by atoms with E-state index in [2.05, 4.69) is 0 Å². The summed E-state index contributed by atoms with van der Waals surface area (Å²) in [6, 6.07) is 8.59. The van der Waals surface area contributed by atoms with Crippen LogP contribution in [0.4, 0.5) is 20.2 Å². The van der Waals surface area contributed by atoms with E-state index in [4.69, 9.17) is 5.73 Å². The number of hydrogen-bond acceptors (Lipinski definition) is 3. The maximum absolute atomic E-state index is 13.9. The van der Waals surface area contributed by atoms with E-state index in [1.54, 1.807) is 0 Å². The molecule has 2 aromatic rings. The average Bonchev–Trinajstić information content (AvgIpc) is 2.73. The summed E-state index contributed by atoms with van der Waals surface area (Å²) < 4.78 is 27.0. The van der Waals surface area contributed by atoms with Gasteiger partial charge in [-0.25, -0.2) is 8.78 Å². The van der Waals surface area contributed by atoms with E-state index in [-0.39, 0.29) is 17.4 Å². The lowest BCUT2D eigenvalue weighted by Gasteiger charge is -2.36. The Hall–Kier alpha value is -2.96. The maximum Gasteiger partial charge on any atom is 0.256 e. The van der Waals surface area contributed by atoms with Gasteiger partial charge in [0.05, 0.1) is 5.56 Å². The number of nitrogens with zero attached hydrogens (tertiary/aromatic N) is 2. The fourth-order valence-electron chi connectivity index (χ4n) is 4.26. The number of benzene rings is 2. The van der Waals surface area contributed by atoms with Crippen LogP contribution in [-0.2, 0) is 11.2 Å². The second-order valence-electron chi connectivity index (χ2n) is 7.63. The molecular formula is C22H23F2N3O2. The quantitative estimate of drug-likeness (QED) is 0.788. The van der Waals surface area contributed by atoms with E-state index in [9.17, 15) is 18.4 Å². The highest BCUT2D eigenvalue weighted by Crippen LogP contribution is 2.33. The van der Waals surface area contributed by atoms with Crippen molar-refractivity contribution in [2.24, 2.45) is 5.92 Å². The molecule has 29 heavy (non-hydrogen) atoms. The molecule has 5 nitrogen and oxygen atoms in total. The highest BCUT2D eigenvalue weighted by atomic mass is 19.1. The summed E-state index contributed by atoms with van der Waals surface area (Å²) in [5.41, 5.74) is 8.54. The van der Waals surface area contributed by atoms with Gasteiger partial charge >= 0.3 is 0 Å². The van der Waals surface area contributed by atoms with Crippen molar-refractivity contribution in [2.45, 2.75) is 25.7 Å². The molecule has 4 rings (SSSR count). The Bertz CT molecular complexity index is 955. The molecule has 0 saturated carbocycles. The molecule has 2 amide bonds. The number of fused-ring (bicyclic) bond motifs is 1. The van der Waals surface area contributed by atoms with Gasteiger partial charge in [-0.05, 0) is 55.5 Å². The summed E-state index contributed by atoms with van der Waals surface area (Å²) in [6.45, 7) is 1.39. The number of carbonyl (C=O) groups is 2. The van der Waals surface area contributed by atoms with Gasteiger partial charge in [0.25, 0.3) is 5.91 Å². The van der Waals surface area contributed by atoms with Crippen LogP contribution in [0.5, 0.6) is 0 Å². The molecule has 2 aliphatic heterocycles. The van der Waals surface area contributed by atoms with Crippen LogP contribution in [0.15, 0.2) is 36.4 Å². The molecule has 0 radical (unpaired) electrons. The average molecular weight is 399 g/mol. The standard InChI is InChI=1S/C22H23F2N3O2/c23-15-6-7-16(18(24)13-15)22(29)26-11-8-14(9-12-26)21(28)27-10-2-3-17-19(25)4-1-5-20(17)27/h1,4-7,13-14H,2-3,8-12,25H2. The highest BCUT2D eigenvalue weighted by molar-refractivity contribution is 5.98. The smallest absolute Gasteiger partial charge is 0.256 e. The summed E-state index contributed by atoms with van der Waals surface area (Å²) in [5, 5.41) is 0. The van der Waals surface area contributed by atoms with Crippen LogP contribution >= 0.6 is 0 Å². The van der Waals surface area contributed by atoms with E-state index < -0.39 is 17.5 Å². The van der Waals surface area contributed by atoms with Gasteiger partial charge in [-0.2, -0.15) is 0 Å². The Morgan fingerprint density at radius 1 is 1.03 bits per heavy atom. The summed E-state index contributed by atoms with van der Waals surface area (Å²) in [5.74, 6) is -2.19. The number of hydrogen-bond donors (Lipinski definition) is 1. The Labute approximate surface area is 168 Å². The molecule has 1 fully saturated rings. The number of anilines is 2. The van der Waals surface area contributed by atoms with Gasteiger partial charge in [0.15, 0.2) is 0 Å². The molecule has 0 spiro atoms. The largest absolute Gasteiger partial charge is 0.398 e. The molecule has 0 unspecified atom stereocenters. The van der Waals surface area contributed by atoms with Crippen LogP contribution in [0.2, 0.25) is 0 Å². The van der Waals surface area contributed by atoms with Crippen molar-refractivity contribution < 1.29 is 18.4 Å². The van der Waals surface area contributed by atoms with E-state index in [1.807, 2.05) is 23.1 Å². The van der Waals surface area contributed by atoms with Crippen LogP contribution in [0.1, 0.15) is 35.2 Å². The second kappa shape index (κ2) is 7.81. The molecule has 2 heterocycles. The predicted molar refractivity (Wildman–Crippen MR) is 107 cm³/mol. The number of nitrogens with two attached hydrogens (primary N) is 1. The fraction of sp³-hybridized carbons (Fsp3) is 0.364. The Morgan fingerprint density at radius 2 is 1.79 bits per heavy atom. The summed E-state index contributed by atoms with van der Waals surface area (Å²) >= 11 is 0. The molecule has 0 bridgehead atoms. The summed E-state index contributed by atoms with van der Waals surface area (Å²) in [7, 11) is 0. The zero-order valence-electron chi connectivity index (χ0n) is 16.0. The van der Waals surface area contributed by atoms with E-state index >= 15 is 0 Å². The zero-order chi connectivity index (χ0) is 20.5. The van der Waals surface area contributed by atoms with Crippen LogP contribution < -0.4 is 10.6 Å². The number of halogens is 2. The number of piperidine rings is 1. The van der Waals surface area contributed by atoms with Gasteiger partial charge in [-0.1, -0.05) is 6.07 Å². The van der Waals surface area contributed by atoms with Crippen molar-refractivity contribution in [3.8, 4) is 0 Å². The van der Waals surface area contributed by atoms with Crippen molar-refractivity contribution in [2.75, 3.05) is 30.3 Å². The molecule has 0 aliphatic carbocycles. The molecule has 0 aromatic heterocycles. The lowest BCUT2D eigenvalue weighted by molar-refractivity contribution is -0.123. The van der Waals surface area contributed by atoms with Crippen molar-refractivity contribution in [1.29, 1.82) is 0 Å². The van der Waals surface area contributed by atoms with Gasteiger partial charge in [-0.15, -0.1) is 0 Å². The number of amides is 2.